The van der Waals surface area contributed by atoms with Crippen LogP contribution in [0.5, 0.6) is 0 Å². The molecular weight excluding hydrogens is 278 g/mol. The minimum Gasteiger partial charge on any atom is -0.351 e. The minimum absolute atomic E-state index is 0.420. The molecule has 1 aliphatic carbocycles. The molecule has 4 N–H and O–H groups in total. The highest BCUT2D eigenvalue weighted by Gasteiger charge is 2.21. The van der Waals surface area contributed by atoms with E-state index in [9.17, 15) is 9.59 Å². The lowest BCUT2D eigenvalue weighted by Gasteiger charge is -2.19. The van der Waals surface area contributed by atoms with Gasteiger partial charge >= 0.3 is 6.03 Å². The van der Waals surface area contributed by atoms with Gasteiger partial charge in [-0.1, -0.05) is 42.0 Å². The van der Waals surface area contributed by atoms with Crippen LogP contribution in [0.4, 0.5) is 4.79 Å². The van der Waals surface area contributed by atoms with Gasteiger partial charge < -0.3 is 11.1 Å². The summed E-state index contributed by atoms with van der Waals surface area (Å²) in [6.45, 7) is 0.692. The van der Waals surface area contributed by atoms with Crippen LogP contribution in [0.3, 0.4) is 0 Å². The zero-order valence-electron chi connectivity index (χ0n) is 12.7. The van der Waals surface area contributed by atoms with Gasteiger partial charge in [-0.25, -0.2) is 4.79 Å². The van der Waals surface area contributed by atoms with Crippen molar-refractivity contribution >= 4 is 11.9 Å². The van der Waals surface area contributed by atoms with Crippen molar-refractivity contribution in [2.24, 2.45) is 5.73 Å². The maximum Gasteiger partial charge on any atom is 0.318 e. The quantitative estimate of drug-likeness (QED) is 0.705. The number of rotatable bonds is 6. The van der Waals surface area contributed by atoms with Crippen LogP contribution >= 0.6 is 0 Å². The molecule has 118 valence electrons. The van der Waals surface area contributed by atoms with E-state index in [4.69, 9.17) is 5.73 Å². The highest BCUT2D eigenvalue weighted by Crippen LogP contribution is 2.20. The number of benzene rings is 1. The van der Waals surface area contributed by atoms with E-state index in [1.165, 1.54) is 18.4 Å². The Balaban J connectivity index is 1.96. The molecule has 5 heteroatoms. The van der Waals surface area contributed by atoms with E-state index in [0.717, 1.165) is 24.8 Å². The Kier molecular flexibility index (Phi) is 6.15. The van der Waals surface area contributed by atoms with Crippen molar-refractivity contribution in [2.75, 3.05) is 6.54 Å². The zero-order valence-corrected chi connectivity index (χ0v) is 12.7. The van der Waals surface area contributed by atoms with Gasteiger partial charge in [0.2, 0.25) is 5.91 Å². The summed E-state index contributed by atoms with van der Waals surface area (Å²) in [6.07, 6.45) is 8.03. The molecule has 1 aromatic rings. The summed E-state index contributed by atoms with van der Waals surface area (Å²) in [7, 11) is 0. The number of urea groups is 1. The lowest BCUT2D eigenvalue weighted by atomic mass is 9.97. The van der Waals surface area contributed by atoms with Crippen molar-refractivity contribution in [3.05, 3.63) is 47.5 Å². The van der Waals surface area contributed by atoms with Crippen LogP contribution in [-0.2, 0) is 4.79 Å². The number of nitrogens with two attached hydrogens (primary N) is 1. The van der Waals surface area contributed by atoms with Gasteiger partial charge in [0, 0.05) is 0 Å². The fourth-order valence-electron chi connectivity index (χ4n) is 2.71. The van der Waals surface area contributed by atoms with E-state index < -0.39 is 18.0 Å². The van der Waals surface area contributed by atoms with Crippen molar-refractivity contribution in [3.8, 4) is 0 Å². The smallest absolute Gasteiger partial charge is 0.318 e. The Morgan fingerprint density at radius 3 is 2.59 bits per heavy atom. The SMILES string of the molecule is NC(=O)NC(=O)[C@@H](NCCC1=CCCCC1)c1ccccc1. The molecule has 22 heavy (non-hydrogen) atoms. The predicted octanol–water partition coefficient (Wildman–Crippen LogP) is 2.40. The second-order valence-electron chi connectivity index (χ2n) is 5.51. The summed E-state index contributed by atoms with van der Waals surface area (Å²) in [5.41, 5.74) is 7.31. The second-order valence-corrected chi connectivity index (χ2v) is 5.51. The van der Waals surface area contributed by atoms with Gasteiger partial charge in [-0.3, -0.25) is 10.1 Å². The molecule has 1 atom stereocenters. The Labute approximate surface area is 131 Å². The molecular formula is C17H23N3O2. The summed E-state index contributed by atoms with van der Waals surface area (Å²) in [4.78, 5) is 23.1. The Hall–Kier alpha value is -2.14. The number of hydrogen-bond acceptors (Lipinski definition) is 3. The van der Waals surface area contributed by atoms with Crippen LogP contribution in [0.2, 0.25) is 0 Å². The highest BCUT2D eigenvalue weighted by molar-refractivity contribution is 5.96. The van der Waals surface area contributed by atoms with Gasteiger partial charge in [0.05, 0.1) is 0 Å². The Morgan fingerprint density at radius 2 is 1.95 bits per heavy atom. The maximum atomic E-state index is 12.1. The van der Waals surface area contributed by atoms with Crippen LogP contribution in [-0.4, -0.2) is 18.5 Å². The van der Waals surface area contributed by atoms with Crippen molar-refractivity contribution in [2.45, 2.75) is 38.1 Å². The molecule has 0 unspecified atom stereocenters. The van der Waals surface area contributed by atoms with Crippen LogP contribution < -0.4 is 16.4 Å². The zero-order chi connectivity index (χ0) is 15.8. The number of hydrogen-bond donors (Lipinski definition) is 3. The number of carbonyl (C=O) groups excluding carboxylic acids is 2. The number of carbonyl (C=O) groups is 2. The molecule has 1 aliphatic rings. The number of amides is 3. The van der Waals surface area contributed by atoms with Crippen molar-refractivity contribution in [1.29, 1.82) is 0 Å². The summed E-state index contributed by atoms with van der Waals surface area (Å²) < 4.78 is 0. The average molecular weight is 301 g/mol. The van der Waals surface area contributed by atoms with E-state index in [-0.39, 0.29) is 0 Å². The molecule has 0 heterocycles. The van der Waals surface area contributed by atoms with Gasteiger partial charge in [0.25, 0.3) is 0 Å². The topological polar surface area (TPSA) is 84.2 Å². The third kappa shape index (κ3) is 5.00. The molecule has 1 aromatic carbocycles. The van der Waals surface area contributed by atoms with Crippen LogP contribution in [0.1, 0.15) is 43.7 Å². The largest absolute Gasteiger partial charge is 0.351 e. The molecule has 0 spiro atoms. The van der Waals surface area contributed by atoms with Crippen molar-refractivity contribution in [3.63, 3.8) is 0 Å². The maximum absolute atomic E-state index is 12.1. The molecule has 0 saturated carbocycles. The molecule has 0 saturated heterocycles. The van der Waals surface area contributed by atoms with Gasteiger partial charge in [0.1, 0.15) is 6.04 Å². The summed E-state index contributed by atoms with van der Waals surface area (Å²) in [5, 5.41) is 5.38. The van der Waals surface area contributed by atoms with Crippen LogP contribution in [0, 0.1) is 0 Å². The molecule has 5 nitrogen and oxygen atoms in total. The summed E-state index contributed by atoms with van der Waals surface area (Å²) in [5.74, 6) is -0.420. The van der Waals surface area contributed by atoms with E-state index in [0.29, 0.717) is 6.54 Å². The number of primary amides is 1. The van der Waals surface area contributed by atoms with Gasteiger partial charge in [-0.05, 0) is 44.2 Å². The van der Waals surface area contributed by atoms with Crippen molar-refractivity contribution in [1.82, 2.24) is 10.6 Å². The van der Waals surface area contributed by atoms with E-state index >= 15 is 0 Å². The first kappa shape index (κ1) is 16.2. The van der Waals surface area contributed by atoms with Gasteiger partial charge in [0.15, 0.2) is 0 Å². The van der Waals surface area contributed by atoms with E-state index in [1.54, 1.807) is 0 Å². The monoisotopic (exact) mass is 301 g/mol. The van der Waals surface area contributed by atoms with Crippen molar-refractivity contribution < 1.29 is 9.59 Å². The average Bonchev–Trinajstić information content (AvgIpc) is 2.52. The predicted molar refractivity (Wildman–Crippen MR) is 86.1 cm³/mol. The first-order valence-corrected chi connectivity index (χ1v) is 7.73. The van der Waals surface area contributed by atoms with E-state index in [2.05, 4.69) is 16.7 Å². The lowest BCUT2D eigenvalue weighted by Crippen LogP contribution is -2.43. The molecule has 0 radical (unpaired) electrons. The first-order chi connectivity index (χ1) is 10.7. The molecule has 0 aromatic heterocycles. The summed E-state index contributed by atoms with van der Waals surface area (Å²) >= 11 is 0. The third-order valence-corrected chi connectivity index (χ3v) is 3.82. The number of nitrogens with one attached hydrogen (secondary N) is 2. The number of allylic oxidation sites excluding steroid dienone is 1. The third-order valence-electron chi connectivity index (χ3n) is 3.82. The van der Waals surface area contributed by atoms with E-state index in [1.807, 2.05) is 30.3 Å². The normalized spacial score (nSPS) is 15.7. The number of imide groups is 1. The van der Waals surface area contributed by atoms with Crippen LogP contribution in [0.15, 0.2) is 42.0 Å². The molecule has 2 rings (SSSR count). The summed E-state index contributed by atoms with van der Waals surface area (Å²) in [6, 6.07) is 7.94. The lowest BCUT2D eigenvalue weighted by molar-refractivity contribution is -0.122. The molecule has 0 aliphatic heterocycles. The molecule has 0 fully saturated rings. The first-order valence-electron chi connectivity index (χ1n) is 7.73. The fraction of sp³-hybridized carbons (Fsp3) is 0.412. The minimum atomic E-state index is -0.831. The highest BCUT2D eigenvalue weighted by atomic mass is 16.2. The van der Waals surface area contributed by atoms with Gasteiger partial charge in [-0.15, -0.1) is 0 Å². The molecule has 0 bridgehead atoms. The molecule has 3 amide bonds. The Bertz CT molecular complexity index is 540. The van der Waals surface area contributed by atoms with Gasteiger partial charge in [-0.2, -0.15) is 0 Å². The standard InChI is InChI=1S/C17H23N3O2/c18-17(22)20-16(21)15(14-9-5-2-6-10-14)19-12-11-13-7-3-1-4-8-13/h2,5-7,9-10,15,19H,1,3-4,8,11-12H2,(H3,18,20,21,22)/t15-/m0/s1. The Morgan fingerprint density at radius 1 is 1.18 bits per heavy atom. The van der Waals surface area contributed by atoms with Crippen LogP contribution in [0.25, 0.3) is 0 Å². The second kappa shape index (κ2) is 8.34. The fourth-order valence-corrected chi connectivity index (χ4v) is 2.71.